The van der Waals surface area contributed by atoms with E-state index in [1.165, 1.54) is 13.2 Å². The van der Waals surface area contributed by atoms with Crippen LogP contribution in [-0.2, 0) is 14.3 Å². The zero-order valence-electron chi connectivity index (χ0n) is 12.2. The van der Waals surface area contributed by atoms with Crippen LogP contribution in [0.25, 0.3) is 5.57 Å². The monoisotopic (exact) mass is 370 g/mol. The summed E-state index contributed by atoms with van der Waals surface area (Å²) in [5, 5.41) is 18.6. The molecule has 1 unspecified atom stereocenters. The molecule has 5 nitrogen and oxygen atoms in total. The highest BCUT2D eigenvalue weighted by atomic mass is 79.9. The molecule has 0 radical (unpaired) electrons. The van der Waals surface area contributed by atoms with Crippen molar-refractivity contribution in [3.8, 4) is 12.1 Å². The van der Waals surface area contributed by atoms with E-state index >= 15 is 0 Å². The molecule has 0 aliphatic heterocycles. The van der Waals surface area contributed by atoms with Crippen LogP contribution in [0.4, 0.5) is 0 Å². The Morgan fingerprint density at radius 1 is 1.26 bits per heavy atom. The maximum Gasteiger partial charge on any atom is 0.324 e. The third-order valence-corrected chi connectivity index (χ3v) is 4.21. The number of allylic oxidation sites excluding steroid dienone is 3. The highest BCUT2D eigenvalue weighted by molar-refractivity contribution is 9.10. The Morgan fingerprint density at radius 2 is 1.87 bits per heavy atom. The molecule has 1 aromatic carbocycles. The highest BCUT2D eigenvalue weighted by Crippen LogP contribution is 2.46. The number of halogens is 1. The quantitative estimate of drug-likeness (QED) is 0.463. The number of methoxy groups -OCH3 is 1. The summed E-state index contributed by atoms with van der Waals surface area (Å²) in [6.07, 6.45) is 2.88. The SMILES string of the molecule is COC(=O)C1(C(=C(C#N)C#N)c2ccc(Br)cc2)CC=CC1=O. The number of nitriles is 2. The minimum absolute atomic E-state index is 0.0523. The number of ketones is 1. The third-order valence-electron chi connectivity index (χ3n) is 3.68. The summed E-state index contributed by atoms with van der Waals surface area (Å²) in [6.45, 7) is 0. The van der Waals surface area contributed by atoms with Gasteiger partial charge < -0.3 is 4.74 Å². The molecule has 2 rings (SSSR count). The number of rotatable bonds is 3. The summed E-state index contributed by atoms with van der Waals surface area (Å²) in [5.74, 6) is -1.28. The van der Waals surface area contributed by atoms with Gasteiger partial charge in [0, 0.05) is 10.0 Å². The maximum absolute atomic E-state index is 12.5. The second kappa shape index (κ2) is 6.60. The number of ether oxygens (including phenoxy) is 1. The van der Waals surface area contributed by atoms with E-state index in [9.17, 15) is 20.1 Å². The molecule has 0 N–H and O–H groups in total. The van der Waals surface area contributed by atoms with Crippen molar-refractivity contribution in [3.63, 3.8) is 0 Å². The van der Waals surface area contributed by atoms with E-state index in [0.29, 0.717) is 5.56 Å². The van der Waals surface area contributed by atoms with E-state index in [4.69, 9.17) is 4.74 Å². The molecule has 0 saturated heterocycles. The van der Waals surface area contributed by atoms with E-state index in [1.807, 2.05) is 0 Å². The number of benzene rings is 1. The van der Waals surface area contributed by atoms with Gasteiger partial charge in [0.2, 0.25) is 0 Å². The van der Waals surface area contributed by atoms with Gasteiger partial charge in [-0.2, -0.15) is 10.5 Å². The van der Waals surface area contributed by atoms with Gasteiger partial charge in [0.15, 0.2) is 11.2 Å². The molecule has 1 atom stereocenters. The van der Waals surface area contributed by atoms with Crippen LogP contribution in [0.15, 0.2) is 46.5 Å². The number of nitrogens with zero attached hydrogens (tertiary/aromatic N) is 2. The van der Waals surface area contributed by atoms with Crippen LogP contribution in [-0.4, -0.2) is 18.9 Å². The first-order chi connectivity index (χ1) is 11.0. The second-order valence-corrected chi connectivity index (χ2v) is 5.76. The first kappa shape index (κ1) is 16.7. The average Bonchev–Trinajstić information content (AvgIpc) is 2.95. The van der Waals surface area contributed by atoms with Crippen molar-refractivity contribution in [2.24, 2.45) is 5.41 Å². The summed E-state index contributed by atoms with van der Waals surface area (Å²) in [7, 11) is 1.17. The van der Waals surface area contributed by atoms with Gasteiger partial charge in [0.1, 0.15) is 17.7 Å². The third kappa shape index (κ3) is 2.69. The molecule has 1 aromatic rings. The van der Waals surface area contributed by atoms with Crippen molar-refractivity contribution in [3.05, 3.63) is 52.0 Å². The lowest BCUT2D eigenvalue weighted by molar-refractivity contribution is -0.151. The molecule has 0 spiro atoms. The minimum Gasteiger partial charge on any atom is -0.468 e. The molecule has 0 aromatic heterocycles. The van der Waals surface area contributed by atoms with E-state index in [2.05, 4.69) is 15.9 Å². The van der Waals surface area contributed by atoms with Crippen LogP contribution < -0.4 is 0 Å². The Kier molecular flexibility index (Phi) is 4.78. The topological polar surface area (TPSA) is 90.9 Å². The molecule has 0 bridgehead atoms. The first-order valence-electron chi connectivity index (χ1n) is 6.61. The van der Waals surface area contributed by atoms with Crippen LogP contribution in [0.3, 0.4) is 0 Å². The summed E-state index contributed by atoms with van der Waals surface area (Å²) in [4.78, 5) is 24.9. The van der Waals surface area contributed by atoms with Gasteiger partial charge in [-0.3, -0.25) is 9.59 Å². The van der Waals surface area contributed by atoms with Crippen LogP contribution in [0.2, 0.25) is 0 Å². The van der Waals surface area contributed by atoms with Crippen molar-refractivity contribution in [1.82, 2.24) is 0 Å². The smallest absolute Gasteiger partial charge is 0.324 e. The normalized spacial score (nSPS) is 18.9. The summed E-state index contributed by atoms with van der Waals surface area (Å²) in [6, 6.07) is 10.3. The molecule has 23 heavy (non-hydrogen) atoms. The van der Waals surface area contributed by atoms with E-state index in [-0.39, 0.29) is 17.6 Å². The standard InChI is InChI=1S/C17H11BrN2O3/c1-23-16(22)17(8-2-3-14(17)21)15(12(9-19)10-20)11-4-6-13(18)7-5-11/h2-7H,8H2,1H3. The molecule has 0 amide bonds. The largest absolute Gasteiger partial charge is 0.468 e. The van der Waals surface area contributed by atoms with Crippen LogP contribution >= 0.6 is 15.9 Å². The van der Waals surface area contributed by atoms with Gasteiger partial charge in [0.25, 0.3) is 0 Å². The zero-order chi connectivity index (χ0) is 17.0. The summed E-state index contributed by atoms with van der Waals surface area (Å²) >= 11 is 3.30. The van der Waals surface area contributed by atoms with E-state index in [0.717, 1.165) is 4.47 Å². The van der Waals surface area contributed by atoms with Crippen molar-refractivity contribution >= 4 is 33.3 Å². The van der Waals surface area contributed by atoms with Crippen LogP contribution in [0.5, 0.6) is 0 Å². The van der Waals surface area contributed by atoms with Gasteiger partial charge in [-0.15, -0.1) is 0 Å². The fourth-order valence-electron chi connectivity index (χ4n) is 2.63. The van der Waals surface area contributed by atoms with Gasteiger partial charge in [-0.25, -0.2) is 0 Å². The number of hydrogen-bond acceptors (Lipinski definition) is 5. The first-order valence-corrected chi connectivity index (χ1v) is 7.40. The van der Waals surface area contributed by atoms with Gasteiger partial charge in [0.05, 0.1) is 7.11 Å². The molecule has 6 heteroatoms. The summed E-state index contributed by atoms with van der Waals surface area (Å²) < 4.78 is 5.60. The van der Waals surface area contributed by atoms with E-state index < -0.39 is 17.2 Å². The Bertz CT molecular complexity index is 794. The van der Waals surface area contributed by atoms with Gasteiger partial charge >= 0.3 is 5.97 Å². The molecular formula is C17H11BrN2O3. The Morgan fingerprint density at radius 3 is 2.30 bits per heavy atom. The Labute approximate surface area is 141 Å². The maximum atomic E-state index is 12.5. The lowest BCUT2D eigenvalue weighted by Gasteiger charge is -2.28. The molecule has 0 saturated carbocycles. The number of esters is 1. The molecule has 1 aliphatic carbocycles. The number of carbonyl (C=O) groups is 2. The van der Waals surface area contributed by atoms with E-state index in [1.54, 1.807) is 42.5 Å². The minimum atomic E-state index is -1.69. The number of hydrogen-bond donors (Lipinski definition) is 0. The zero-order valence-corrected chi connectivity index (χ0v) is 13.8. The Hall–Kier alpha value is -2.70. The average molecular weight is 371 g/mol. The second-order valence-electron chi connectivity index (χ2n) is 4.85. The van der Waals surface area contributed by atoms with Crippen molar-refractivity contribution < 1.29 is 14.3 Å². The molecule has 114 valence electrons. The molecular weight excluding hydrogens is 360 g/mol. The van der Waals surface area contributed by atoms with Gasteiger partial charge in [-0.05, 0) is 30.2 Å². The molecule has 0 fully saturated rings. The predicted molar refractivity (Wildman–Crippen MR) is 85.5 cm³/mol. The van der Waals surface area contributed by atoms with Crippen molar-refractivity contribution in [2.45, 2.75) is 6.42 Å². The number of carbonyl (C=O) groups excluding carboxylic acids is 2. The van der Waals surface area contributed by atoms with Crippen LogP contribution in [0.1, 0.15) is 12.0 Å². The molecule has 1 aliphatic rings. The van der Waals surface area contributed by atoms with Crippen molar-refractivity contribution in [1.29, 1.82) is 10.5 Å². The van der Waals surface area contributed by atoms with Gasteiger partial charge in [-0.1, -0.05) is 34.1 Å². The Balaban J connectivity index is 2.82. The highest BCUT2D eigenvalue weighted by Gasteiger charge is 2.52. The lowest BCUT2D eigenvalue weighted by atomic mass is 9.72. The predicted octanol–water partition coefficient (Wildman–Crippen LogP) is 2.94. The fourth-order valence-corrected chi connectivity index (χ4v) is 2.89. The summed E-state index contributed by atoms with van der Waals surface area (Å²) in [5.41, 5.74) is -1.44. The lowest BCUT2D eigenvalue weighted by Crippen LogP contribution is -2.38. The van der Waals surface area contributed by atoms with Crippen LogP contribution in [0, 0.1) is 28.1 Å². The molecule has 0 heterocycles. The fraction of sp³-hybridized carbons (Fsp3) is 0.176. The van der Waals surface area contributed by atoms with Crippen molar-refractivity contribution in [2.75, 3.05) is 7.11 Å².